The number of hydrogen-bond acceptors (Lipinski definition) is 4. The maximum absolute atomic E-state index is 12.6. The number of amides is 3. The molecule has 2 fully saturated rings. The van der Waals surface area contributed by atoms with E-state index in [1.165, 1.54) is 29.7 Å². The Bertz CT molecular complexity index is 798. The minimum atomic E-state index is -0.535. The molecular formula is C18H27N6O2+. The Morgan fingerprint density at radius 3 is 2.73 bits per heavy atom. The topological polar surface area (TPSA) is 65.0 Å². The van der Waals surface area contributed by atoms with Gasteiger partial charge in [0.2, 0.25) is 11.9 Å². The van der Waals surface area contributed by atoms with Crippen molar-refractivity contribution in [3.63, 3.8) is 0 Å². The Morgan fingerprint density at radius 1 is 1.23 bits per heavy atom. The highest BCUT2D eigenvalue weighted by molar-refractivity contribution is 6.18. The van der Waals surface area contributed by atoms with Gasteiger partial charge in [0.15, 0.2) is 0 Å². The molecule has 0 N–H and O–H groups in total. The van der Waals surface area contributed by atoms with Crippen molar-refractivity contribution in [2.24, 2.45) is 10.9 Å². The minimum absolute atomic E-state index is 0.224. The largest absolute Gasteiger partial charge is 0.401 e. The van der Waals surface area contributed by atoms with E-state index in [0.29, 0.717) is 5.84 Å². The fourth-order valence-electron chi connectivity index (χ4n) is 4.32. The quantitative estimate of drug-likeness (QED) is 0.754. The van der Waals surface area contributed by atoms with Crippen LogP contribution in [-0.2, 0) is 11.3 Å². The lowest BCUT2D eigenvalue weighted by atomic mass is 10.0. The van der Waals surface area contributed by atoms with Gasteiger partial charge in [0, 0.05) is 27.2 Å². The molecule has 2 atom stereocenters. The number of carbonyl (C=O) groups excluding carboxylic acids is 2. The predicted molar refractivity (Wildman–Crippen MR) is 96.3 cm³/mol. The number of urea groups is 1. The van der Waals surface area contributed by atoms with Gasteiger partial charge in [-0.05, 0) is 32.2 Å². The zero-order valence-electron chi connectivity index (χ0n) is 16.0. The summed E-state index contributed by atoms with van der Waals surface area (Å²) in [6.07, 6.45) is 4.55. The number of imidazole rings is 1. The highest BCUT2D eigenvalue weighted by atomic mass is 16.2. The third-order valence-corrected chi connectivity index (χ3v) is 5.82. The Labute approximate surface area is 153 Å². The third kappa shape index (κ3) is 2.55. The summed E-state index contributed by atoms with van der Waals surface area (Å²) >= 11 is 0. The zero-order valence-corrected chi connectivity index (χ0v) is 16.0. The van der Waals surface area contributed by atoms with Crippen molar-refractivity contribution in [3.8, 4) is 0 Å². The van der Waals surface area contributed by atoms with E-state index in [1.54, 1.807) is 7.05 Å². The van der Waals surface area contributed by atoms with Gasteiger partial charge in [0.05, 0.1) is 6.54 Å². The van der Waals surface area contributed by atoms with Gasteiger partial charge in [0.25, 0.3) is 5.91 Å². The van der Waals surface area contributed by atoms with Crippen LogP contribution in [0.5, 0.6) is 0 Å². The molecule has 4 heterocycles. The lowest BCUT2D eigenvalue weighted by molar-refractivity contribution is -0.677. The van der Waals surface area contributed by atoms with Crippen molar-refractivity contribution in [1.82, 2.24) is 19.3 Å². The van der Waals surface area contributed by atoms with Gasteiger partial charge in [-0.25, -0.2) is 13.9 Å². The highest BCUT2D eigenvalue weighted by Crippen LogP contribution is 2.28. The number of carbonyl (C=O) groups is 2. The fourth-order valence-corrected chi connectivity index (χ4v) is 4.32. The van der Waals surface area contributed by atoms with E-state index in [1.807, 2.05) is 17.7 Å². The van der Waals surface area contributed by atoms with Crippen LogP contribution in [0.4, 0.5) is 10.7 Å². The number of imide groups is 1. The Kier molecular flexibility index (Phi) is 4.10. The molecule has 8 nitrogen and oxygen atoms in total. The second kappa shape index (κ2) is 6.19. The average molecular weight is 359 g/mol. The first kappa shape index (κ1) is 17.2. The highest BCUT2D eigenvalue weighted by Gasteiger charge is 2.52. The number of aromatic nitrogens is 2. The second-order valence-corrected chi connectivity index (χ2v) is 7.79. The van der Waals surface area contributed by atoms with Crippen LogP contribution >= 0.6 is 0 Å². The zero-order chi connectivity index (χ0) is 18.6. The number of likely N-dealkylation sites (tertiary alicyclic amines) is 1. The minimum Gasteiger partial charge on any atom is -0.300 e. The van der Waals surface area contributed by atoms with Crippen molar-refractivity contribution < 1.29 is 14.2 Å². The van der Waals surface area contributed by atoms with Gasteiger partial charge in [-0.2, -0.15) is 0 Å². The lowest BCUT2D eigenvalue weighted by Crippen LogP contribution is -2.61. The smallest absolute Gasteiger partial charge is 0.300 e. The number of fused-ring (bicyclic) bond motifs is 3. The van der Waals surface area contributed by atoms with E-state index in [2.05, 4.69) is 21.4 Å². The molecule has 1 aromatic heterocycles. The molecule has 0 saturated carbocycles. The molecule has 3 amide bonds. The van der Waals surface area contributed by atoms with Crippen LogP contribution in [0.1, 0.15) is 31.5 Å². The van der Waals surface area contributed by atoms with Gasteiger partial charge < -0.3 is 0 Å². The van der Waals surface area contributed by atoms with Gasteiger partial charge in [-0.3, -0.25) is 19.5 Å². The molecule has 8 heteroatoms. The van der Waals surface area contributed by atoms with Crippen molar-refractivity contribution in [1.29, 1.82) is 0 Å². The summed E-state index contributed by atoms with van der Waals surface area (Å²) in [6, 6.07) is -0.867. The van der Waals surface area contributed by atoms with Crippen LogP contribution in [0.15, 0.2) is 11.2 Å². The molecular weight excluding hydrogens is 332 g/mol. The van der Waals surface area contributed by atoms with Gasteiger partial charge >= 0.3 is 12.0 Å². The number of nitrogens with zero attached hydrogens (tertiary/aromatic N) is 6. The monoisotopic (exact) mass is 359 g/mol. The lowest BCUT2D eigenvalue weighted by Gasteiger charge is -2.30. The standard InChI is InChI=1S/C18H27N6O2/c1-12-6-5-7-22(10-12)8-9-23-13(2)11-24-14-15(19-17(23)24)20(3)18(26)21(4)16(14)25/h11-12,14H,5-10H2,1-4H3/q+1. The van der Waals surface area contributed by atoms with Crippen molar-refractivity contribution in [2.75, 3.05) is 33.7 Å². The van der Waals surface area contributed by atoms with Gasteiger partial charge in [-0.15, -0.1) is 0 Å². The average Bonchev–Trinajstić information content (AvgIpc) is 3.11. The molecule has 0 bridgehead atoms. The molecule has 4 rings (SSSR count). The maximum Gasteiger partial charge on any atom is 0.401 e. The molecule has 0 spiro atoms. The molecule has 1 aromatic rings. The number of rotatable bonds is 3. The number of aryl methyl sites for hydroxylation is 1. The third-order valence-electron chi connectivity index (χ3n) is 5.82. The molecule has 0 radical (unpaired) electrons. The van der Waals surface area contributed by atoms with Crippen LogP contribution in [0.25, 0.3) is 0 Å². The van der Waals surface area contributed by atoms with Crippen molar-refractivity contribution >= 4 is 23.7 Å². The summed E-state index contributed by atoms with van der Waals surface area (Å²) in [5, 5.41) is 0. The van der Waals surface area contributed by atoms with E-state index in [-0.39, 0.29) is 11.9 Å². The first-order chi connectivity index (χ1) is 12.4. The van der Waals surface area contributed by atoms with Crippen molar-refractivity contribution in [3.05, 3.63) is 11.9 Å². The van der Waals surface area contributed by atoms with E-state index in [4.69, 9.17) is 0 Å². The molecule has 140 valence electrons. The molecule has 0 aliphatic carbocycles. The predicted octanol–water partition coefficient (Wildman–Crippen LogP) is 0.924. The molecule has 0 aromatic carbocycles. The van der Waals surface area contributed by atoms with Crippen molar-refractivity contribution in [2.45, 2.75) is 39.3 Å². The fraction of sp³-hybridized carbons (Fsp3) is 0.667. The Hall–Kier alpha value is -2.22. The molecule has 26 heavy (non-hydrogen) atoms. The maximum atomic E-state index is 12.6. The van der Waals surface area contributed by atoms with Crippen LogP contribution in [0.3, 0.4) is 0 Å². The first-order valence-electron chi connectivity index (χ1n) is 9.36. The number of hydrogen-bond donors (Lipinski definition) is 0. The Balaban J connectivity index is 1.60. The summed E-state index contributed by atoms with van der Waals surface area (Å²) in [5.74, 6) is 1.81. The van der Waals surface area contributed by atoms with Crippen LogP contribution < -0.4 is 4.57 Å². The molecule has 3 aliphatic rings. The van der Waals surface area contributed by atoms with Crippen LogP contribution in [-0.4, -0.2) is 70.8 Å². The molecule has 3 aliphatic heterocycles. The number of amidine groups is 1. The second-order valence-electron chi connectivity index (χ2n) is 7.79. The molecule has 2 unspecified atom stereocenters. The summed E-state index contributed by atoms with van der Waals surface area (Å²) in [5.41, 5.74) is 1.09. The van der Waals surface area contributed by atoms with Gasteiger partial charge in [0.1, 0.15) is 11.9 Å². The number of piperidine rings is 1. The number of aliphatic imine (C=N–C) groups is 1. The summed E-state index contributed by atoms with van der Waals surface area (Å²) in [6.45, 7) is 8.47. The summed E-state index contributed by atoms with van der Waals surface area (Å²) in [7, 11) is 3.20. The van der Waals surface area contributed by atoms with E-state index >= 15 is 0 Å². The normalized spacial score (nSPS) is 26.2. The van der Waals surface area contributed by atoms with E-state index in [9.17, 15) is 9.59 Å². The van der Waals surface area contributed by atoms with E-state index < -0.39 is 6.04 Å². The van der Waals surface area contributed by atoms with Crippen LogP contribution in [0.2, 0.25) is 0 Å². The number of likely N-dealkylation sites (N-methyl/N-ethyl adjacent to an activating group) is 2. The Morgan fingerprint density at radius 2 is 2.00 bits per heavy atom. The SMILES string of the molecule is Cc1c[n+]2c(n1CCN1CCCC(C)C1)N=C1C2C(=O)N(C)C(=O)N1C. The van der Waals surface area contributed by atoms with Gasteiger partial charge in [-0.1, -0.05) is 11.9 Å². The molecule has 2 saturated heterocycles. The first-order valence-corrected chi connectivity index (χ1v) is 9.36. The van der Waals surface area contributed by atoms with Crippen LogP contribution in [0, 0.1) is 12.8 Å². The van der Waals surface area contributed by atoms with E-state index in [0.717, 1.165) is 43.7 Å². The summed E-state index contributed by atoms with van der Waals surface area (Å²) in [4.78, 5) is 34.7. The summed E-state index contributed by atoms with van der Waals surface area (Å²) < 4.78 is 4.07.